The summed E-state index contributed by atoms with van der Waals surface area (Å²) in [6.45, 7) is 1.61. The van der Waals surface area contributed by atoms with Crippen molar-refractivity contribution in [1.82, 2.24) is 9.78 Å². The molecule has 7 nitrogen and oxygen atoms in total. The van der Waals surface area contributed by atoms with Gasteiger partial charge >= 0.3 is 5.97 Å². The number of carboxylic acid groups (broad SMARTS) is 1. The summed E-state index contributed by atoms with van der Waals surface area (Å²) in [5.41, 5.74) is -0.811. The lowest BCUT2D eigenvalue weighted by Gasteiger charge is -2.05. The Morgan fingerprint density at radius 2 is 2.06 bits per heavy atom. The first-order valence-electron chi connectivity index (χ1n) is 5.37. The molecule has 1 N–H and O–H groups in total. The molecule has 0 aliphatic rings. The zero-order chi connectivity index (χ0) is 13.8. The zero-order valence-electron chi connectivity index (χ0n) is 9.87. The van der Waals surface area contributed by atoms with Gasteiger partial charge in [-0.15, -0.1) is 0 Å². The van der Waals surface area contributed by atoms with Gasteiger partial charge < -0.3 is 5.11 Å². The Balaban J connectivity index is 2.88. The molecule has 0 amide bonds. The molecular weight excluding hydrogens is 260 g/mol. The maximum atomic E-state index is 11.5. The lowest BCUT2D eigenvalue weighted by Crippen LogP contribution is -2.28. The van der Waals surface area contributed by atoms with E-state index in [-0.39, 0.29) is 23.7 Å². The minimum absolute atomic E-state index is 0.0420. The van der Waals surface area contributed by atoms with E-state index in [0.717, 1.165) is 16.8 Å². The first kappa shape index (κ1) is 14.4. The van der Waals surface area contributed by atoms with Gasteiger partial charge in [-0.2, -0.15) is 5.10 Å². The third-order valence-corrected chi connectivity index (χ3v) is 4.05. The summed E-state index contributed by atoms with van der Waals surface area (Å²) in [4.78, 5) is 22.1. The molecule has 0 unspecified atom stereocenters. The number of hydrogen-bond acceptors (Lipinski definition) is 5. The van der Waals surface area contributed by atoms with Crippen molar-refractivity contribution in [3.8, 4) is 0 Å². The summed E-state index contributed by atoms with van der Waals surface area (Å²) < 4.78 is 23.8. The van der Waals surface area contributed by atoms with E-state index in [0.29, 0.717) is 6.42 Å². The lowest BCUT2D eigenvalue weighted by molar-refractivity contribution is 0.0687. The number of sulfone groups is 1. The number of hydrogen-bond donors (Lipinski definition) is 1. The van der Waals surface area contributed by atoms with Gasteiger partial charge in [0.1, 0.15) is 0 Å². The SMILES string of the molecule is CCCS(=O)(=O)CCn1nc(C(=O)O)ccc1=O. The summed E-state index contributed by atoms with van der Waals surface area (Å²) in [7, 11) is -3.23. The second-order valence-corrected chi connectivity index (χ2v) is 6.04. The Hall–Kier alpha value is -1.70. The molecule has 1 heterocycles. The third-order valence-electron chi connectivity index (χ3n) is 2.21. The highest BCUT2D eigenvalue weighted by atomic mass is 32.2. The van der Waals surface area contributed by atoms with Crippen LogP contribution in [0.15, 0.2) is 16.9 Å². The monoisotopic (exact) mass is 274 g/mol. The van der Waals surface area contributed by atoms with Crippen LogP contribution in [0.2, 0.25) is 0 Å². The summed E-state index contributed by atoms with van der Waals surface area (Å²) in [6, 6.07) is 2.14. The van der Waals surface area contributed by atoms with Gasteiger partial charge in [0.15, 0.2) is 15.5 Å². The van der Waals surface area contributed by atoms with Gasteiger partial charge in [-0.05, 0) is 12.5 Å². The Morgan fingerprint density at radius 3 is 2.61 bits per heavy atom. The van der Waals surface area contributed by atoms with E-state index in [1.165, 1.54) is 0 Å². The van der Waals surface area contributed by atoms with Crippen LogP contribution in [0.1, 0.15) is 23.8 Å². The zero-order valence-corrected chi connectivity index (χ0v) is 10.7. The summed E-state index contributed by atoms with van der Waals surface area (Å²) >= 11 is 0. The molecule has 0 bridgehead atoms. The van der Waals surface area contributed by atoms with Crippen molar-refractivity contribution in [1.29, 1.82) is 0 Å². The Labute approximate surface area is 104 Å². The van der Waals surface area contributed by atoms with Crippen LogP contribution in [0.3, 0.4) is 0 Å². The average molecular weight is 274 g/mol. The molecule has 0 fully saturated rings. The first-order valence-corrected chi connectivity index (χ1v) is 7.20. The van der Waals surface area contributed by atoms with Crippen LogP contribution >= 0.6 is 0 Å². The van der Waals surface area contributed by atoms with Gasteiger partial charge in [0.25, 0.3) is 5.56 Å². The number of carbonyl (C=O) groups is 1. The molecule has 1 aromatic rings. The molecule has 0 atom stereocenters. The Kier molecular flexibility index (Phi) is 4.60. The summed E-state index contributed by atoms with van der Waals surface area (Å²) in [5, 5.41) is 12.3. The van der Waals surface area contributed by atoms with E-state index >= 15 is 0 Å². The van der Waals surface area contributed by atoms with Gasteiger partial charge in [-0.3, -0.25) is 4.79 Å². The summed E-state index contributed by atoms with van der Waals surface area (Å²) in [5.74, 6) is -1.45. The molecule has 100 valence electrons. The number of rotatable bonds is 6. The van der Waals surface area contributed by atoms with E-state index in [4.69, 9.17) is 5.11 Å². The van der Waals surface area contributed by atoms with Crippen molar-refractivity contribution in [2.45, 2.75) is 19.9 Å². The van der Waals surface area contributed by atoms with E-state index in [1.807, 2.05) is 0 Å². The van der Waals surface area contributed by atoms with E-state index < -0.39 is 21.4 Å². The fraction of sp³-hybridized carbons (Fsp3) is 0.500. The van der Waals surface area contributed by atoms with Crippen LogP contribution in [0, 0.1) is 0 Å². The number of aromatic carboxylic acids is 1. The largest absolute Gasteiger partial charge is 0.476 e. The van der Waals surface area contributed by atoms with Crippen LogP contribution < -0.4 is 5.56 Å². The van der Waals surface area contributed by atoms with Crippen LogP contribution in [-0.4, -0.2) is 40.8 Å². The highest BCUT2D eigenvalue weighted by molar-refractivity contribution is 7.91. The second kappa shape index (κ2) is 5.76. The predicted octanol–water partition coefficient (Wildman–Crippen LogP) is -0.234. The Morgan fingerprint density at radius 1 is 1.39 bits per heavy atom. The molecule has 0 spiro atoms. The molecule has 0 saturated carbocycles. The standard InChI is InChI=1S/C10H14N2O5S/c1-2-6-18(16,17)7-5-12-9(13)4-3-8(11-12)10(14)15/h3-4H,2,5-7H2,1H3,(H,14,15). The normalized spacial score (nSPS) is 11.4. The molecule has 0 aliphatic carbocycles. The molecule has 0 aromatic carbocycles. The molecule has 0 saturated heterocycles. The van der Waals surface area contributed by atoms with Gasteiger partial charge in [-0.1, -0.05) is 6.92 Å². The van der Waals surface area contributed by atoms with Crippen LogP contribution in [-0.2, 0) is 16.4 Å². The molecule has 1 rings (SSSR count). The van der Waals surface area contributed by atoms with Gasteiger partial charge in [0.05, 0.1) is 12.3 Å². The molecular formula is C10H14N2O5S. The van der Waals surface area contributed by atoms with Crippen molar-refractivity contribution < 1.29 is 18.3 Å². The van der Waals surface area contributed by atoms with Crippen molar-refractivity contribution in [3.05, 3.63) is 28.2 Å². The maximum Gasteiger partial charge on any atom is 0.356 e. The van der Waals surface area contributed by atoms with Gasteiger partial charge in [0.2, 0.25) is 0 Å². The minimum Gasteiger partial charge on any atom is -0.476 e. The van der Waals surface area contributed by atoms with E-state index in [1.54, 1.807) is 6.92 Å². The van der Waals surface area contributed by atoms with E-state index in [2.05, 4.69) is 5.10 Å². The smallest absolute Gasteiger partial charge is 0.356 e. The summed E-state index contributed by atoms with van der Waals surface area (Å²) in [6.07, 6.45) is 0.500. The van der Waals surface area contributed by atoms with Crippen LogP contribution in [0.4, 0.5) is 0 Å². The average Bonchev–Trinajstić information content (AvgIpc) is 2.27. The van der Waals surface area contributed by atoms with Crippen molar-refractivity contribution >= 4 is 15.8 Å². The van der Waals surface area contributed by atoms with Crippen molar-refractivity contribution in [2.75, 3.05) is 11.5 Å². The molecule has 0 aliphatic heterocycles. The highest BCUT2D eigenvalue weighted by Gasteiger charge is 2.12. The van der Waals surface area contributed by atoms with Crippen molar-refractivity contribution in [2.24, 2.45) is 0 Å². The van der Waals surface area contributed by atoms with Crippen molar-refractivity contribution in [3.63, 3.8) is 0 Å². The molecule has 8 heteroatoms. The first-order chi connectivity index (χ1) is 8.35. The van der Waals surface area contributed by atoms with Gasteiger partial charge in [-0.25, -0.2) is 17.9 Å². The van der Waals surface area contributed by atoms with Crippen LogP contribution in [0.5, 0.6) is 0 Å². The molecule has 1 aromatic heterocycles. The molecule has 18 heavy (non-hydrogen) atoms. The van der Waals surface area contributed by atoms with Gasteiger partial charge in [0, 0.05) is 11.8 Å². The number of carboxylic acids is 1. The number of nitrogens with zero attached hydrogens (tertiary/aromatic N) is 2. The third kappa shape index (κ3) is 3.95. The van der Waals surface area contributed by atoms with E-state index in [9.17, 15) is 18.0 Å². The quantitative estimate of drug-likeness (QED) is 0.767. The highest BCUT2D eigenvalue weighted by Crippen LogP contribution is 1.96. The topological polar surface area (TPSA) is 106 Å². The van der Waals surface area contributed by atoms with Crippen LogP contribution in [0.25, 0.3) is 0 Å². The number of aryl methyl sites for hydroxylation is 1. The second-order valence-electron chi connectivity index (χ2n) is 3.74. The maximum absolute atomic E-state index is 11.5. The minimum atomic E-state index is -3.23. The molecule has 0 radical (unpaired) electrons. The fourth-order valence-electron chi connectivity index (χ4n) is 1.36. The Bertz CT molecular complexity index is 591. The predicted molar refractivity (Wildman–Crippen MR) is 64.4 cm³/mol. The fourth-order valence-corrected chi connectivity index (χ4v) is 2.64. The lowest BCUT2D eigenvalue weighted by atomic mass is 10.4. The number of aromatic nitrogens is 2.